The Labute approximate surface area is 140 Å². The van der Waals surface area contributed by atoms with Crippen molar-refractivity contribution in [3.63, 3.8) is 0 Å². The SMILES string of the molecule is CCC1CN(S(=O)(=O)C(C)C)CCC1NCc1nccn1CC. The van der Waals surface area contributed by atoms with Crippen molar-refractivity contribution in [2.75, 3.05) is 13.1 Å². The highest BCUT2D eigenvalue weighted by Gasteiger charge is 2.35. The van der Waals surface area contributed by atoms with Gasteiger partial charge < -0.3 is 9.88 Å². The average molecular weight is 343 g/mol. The van der Waals surface area contributed by atoms with Crippen molar-refractivity contribution in [3.05, 3.63) is 18.2 Å². The molecule has 0 radical (unpaired) electrons. The summed E-state index contributed by atoms with van der Waals surface area (Å²) < 4.78 is 28.6. The van der Waals surface area contributed by atoms with Gasteiger partial charge in [-0.25, -0.2) is 17.7 Å². The Kier molecular flexibility index (Phi) is 6.22. The molecule has 1 aromatic heterocycles. The van der Waals surface area contributed by atoms with Crippen molar-refractivity contribution in [1.82, 2.24) is 19.2 Å². The summed E-state index contributed by atoms with van der Waals surface area (Å²) in [7, 11) is -3.15. The first-order valence-corrected chi connectivity index (χ1v) is 10.1. The molecule has 0 aromatic carbocycles. The first-order valence-electron chi connectivity index (χ1n) is 8.62. The quantitative estimate of drug-likeness (QED) is 0.821. The van der Waals surface area contributed by atoms with E-state index in [0.717, 1.165) is 31.8 Å². The minimum absolute atomic E-state index is 0.346. The summed E-state index contributed by atoms with van der Waals surface area (Å²) in [4.78, 5) is 4.39. The molecule has 0 bridgehead atoms. The molecule has 2 unspecified atom stereocenters. The van der Waals surface area contributed by atoms with Gasteiger partial charge in [0.1, 0.15) is 5.82 Å². The zero-order valence-electron chi connectivity index (χ0n) is 14.7. The van der Waals surface area contributed by atoms with Crippen molar-refractivity contribution in [3.8, 4) is 0 Å². The van der Waals surface area contributed by atoms with Crippen LogP contribution in [0.3, 0.4) is 0 Å². The van der Waals surface area contributed by atoms with E-state index in [-0.39, 0.29) is 5.25 Å². The fourth-order valence-electron chi connectivity index (χ4n) is 3.23. The molecule has 2 atom stereocenters. The Hall–Kier alpha value is -0.920. The van der Waals surface area contributed by atoms with Gasteiger partial charge in [-0.15, -0.1) is 0 Å². The molecule has 1 aliphatic heterocycles. The molecule has 1 N–H and O–H groups in total. The number of sulfonamides is 1. The molecule has 0 aliphatic carbocycles. The molecule has 7 heteroatoms. The van der Waals surface area contributed by atoms with Crippen molar-refractivity contribution < 1.29 is 8.42 Å². The maximum absolute atomic E-state index is 12.4. The van der Waals surface area contributed by atoms with Crippen LogP contribution in [0, 0.1) is 5.92 Å². The van der Waals surface area contributed by atoms with Gasteiger partial charge in [0.05, 0.1) is 11.8 Å². The van der Waals surface area contributed by atoms with Gasteiger partial charge in [-0.05, 0) is 33.1 Å². The summed E-state index contributed by atoms with van der Waals surface area (Å²) in [6.45, 7) is 10.6. The third-order valence-corrected chi connectivity index (χ3v) is 7.08. The summed E-state index contributed by atoms with van der Waals surface area (Å²) in [6.07, 6.45) is 5.66. The Bertz CT molecular complexity index is 597. The lowest BCUT2D eigenvalue weighted by atomic mass is 9.91. The van der Waals surface area contributed by atoms with Crippen LogP contribution in [0.4, 0.5) is 0 Å². The van der Waals surface area contributed by atoms with Crippen LogP contribution in [0.5, 0.6) is 0 Å². The minimum Gasteiger partial charge on any atom is -0.334 e. The zero-order chi connectivity index (χ0) is 17.0. The van der Waals surface area contributed by atoms with E-state index in [2.05, 4.69) is 28.7 Å². The van der Waals surface area contributed by atoms with Gasteiger partial charge >= 0.3 is 0 Å². The van der Waals surface area contributed by atoms with Crippen LogP contribution < -0.4 is 5.32 Å². The molecule has 0 saturated carbocycles. The highest BCUT2D eigenvalue weighted by Crippen LogP contribution is 2.24. The van der Waals surface area contributed by atoms with Crippen molar-refractivity contribution in [2.24, 2.45) is 5.92 Å². The number of aromatic nitrogens is 2. The van der Waals surface area contributed by atoms with Gasteiger partial charge in [0.25, 0.3) is 0 Å². The summed E-state index contributed by atoms with van der Waals surface area (Å²) in [5.74, 6) is 1.39. The van der Waals surface area contributed by atoms with E-state index in [0.29, 0.717) is 25.0 Å². The number of rotatable bonds is 7. The second-order valence-corrected chi connectivity index (χ2v) is 9.01. The Morgan fingerprint density at radius 3 is 2.74 bits per heavy atom. The largest absolute Gasteiger partial charge is 0.334 e. The van der Waals surface area contributed by atoms with Crippen LogP contribution in [0.2, 0.25) is 0 Å². The molecule has 1 fully saturated rings. The van der Waals surface area contributed by atoms with E-state index in [1.165, 1.54) is 0 Å². The minimum atomic E-state index is -3.15. The first-order chi connectivity index (χ1) is 10.9. The van der Waals surface area contributed by atoms with Gasteiger partial charge in [-0.1, -0.05) is 13.3 Å². The molecule has 2 rings (SSSR count). The summed E-state index contributed by atoms with van der Waals surface area (Å²) >= 11 is 0. The molecule has 1 aliphatic rings. The Balaban J connectivity index is 1.97. The Morgan fingerprint density at radius 1 is 1.39 bits per heavy atom. The number of hydrogen-bond acceptors (Lipinski definition) is 4. The first kappa shape index (κ1) is 18.4. The van der Waals surface area contributed by atoms with E-state index in [4.69, 9.17) is 0 Å². The highest BCUT2D eigenvalue weighted by atomic mass is 32.2. The monoisotopic (exact) mass is 342 g/mol. The number of aryl methyl sites for hydroxylation is 1. The second-order valence-electron chi connectivity index (χ2n) is 6.53. The summed E-state index contributed by atoms with van der Waals surface area (Å²) in [6, 6.07) is 0.348. The predicted octanol–water partition coefficient (Wildman–Crippen LogP) is 1.83. The van der Waals surface area contributed by atoms with E-state index < -0.39 is 10.0 Å². The molecule has 23 heavy (non-hydrogen) atoms. The third kappa shape index (κ3) is 4.14. The predicted molar refractivity (Wildman–Crippen MR) is 92.6 cm³/mol. The number of nitrogens with zero attached hydrogens (tertiary/aromatic N) is 3. The van der Waals surface area contributed by atoms with Crippen molar-refractivity contribution >= 4 is 10.0 Å². The van der Waals surface area contributed by atoms with E-state index in [9.17, 15) is 8.42 Å². The van der Waals surface area contributed by atoms with Crippen LogP contribution in [0.15, 0.2) is 12.4 Å². The second kappa shape index (κ2) is 7.77. The Morgan fingerprint density at radius 2 is 2.13 bits per heavy atom. The van der Waals surface area contributed by atoms with E-state index in [1.807, 2.05) is 12.4 Å². The van der Waals surface area contributed by atoms with Crippen LogP contribution in [0.25, 0.3) is 0 Å². The molecule has 2 heterocycles. The van der Waals surface area contributed by atoms with Crippen molar-refractivity contribution in [2.45, 2.75) is 64.9 Å². The maximum atomic E-state index is 12.4. The third-order valence-electron chi connectivity index (χ3n) is 4.84. The lowest BCUT2D eigenvalue weighted by molar-refractivity contribution is 0.199. The zero-order valence-corrected chi connectivity index (χ0v) is 15.5. The molecule has 1 aromatic rings. The highest BCUT2D eigenvalue weighted by molar-refractivity contribution is 7.89. The number of hydrogen-bond donors (Lipinski definition) is 1. The van der Waals surface area contributed by atoms with E-state index >= 15 is 0 Å². The van der Waals surface area contributed by atoms with Gasteiger partial charge in [0.15, 0.2) is 0 Å². The molecule has 0 amide bonds. The van der Waals surface area contributed by atoms with E-state index in [1.54, 1.807) is 18.2 Å². The topological polar surface area (TPSA) is 67.2 Å². The fraction of sp³-hybridized carbons (Fsp3) is 0.812. The van der Waals surface area contributed by atoms with Crippen LogP contribution in [-0.4, -0.2) is 46.7 Å². The lowest BCUT2D eigenvalue weighted by Gasteiger charge is -2.38. The lowest BCUT2D eigenvalue weighted by Crippen LogP contribution is -2.52. The van der Waals surface area contributed by atoms with Gasteiger partial charge in [-0.3, -0.25) is 0 Å². The number of piperidine rings is 1. The molecular formula is C16H30N4O2S. The molecule has 132 valence electrons. The average Bonchev–Trinajstić information content (AvgIpc) is 2.99. The maximum Gasteiger partial charge on any atom is 0.216 e. The van der Waals surface area contributed by atoms with Gasteiger partial charge in [-0.2, -0.15) is 0 Å². The fourth-order valence-corrected chi connectivity index (χ4v) is 4.58. The van der Waals surface area contributed by atoms with Crippen molar-refractivity contribution in [1.29, 1.82) is 0 Å². The standard InChI is InChI=1S/C16H30N4O2S/c1-5-14-12-20(23(21,22)13(3)4)9-7-15(14)18-11-16-17-8-10-19(16)6-2/h8,10,13-15,18H,5-7,9,11-12H2,1-4H3. The molecular weight excluding hydrogens is 312 g/mol. The number of imidazole rings is 1. The van der Waals surface area contributed by atoms with Gasteiger partial charge in [0.2, 0.25) is 10.0 Å². The van der Waals surface area contributed by atoms with Crippen LogP contribution in [0.1, 0.15) is 46.4 Å². The smallest absolute Gasteiger partial charge is 0.216 e. The van der Waals surface area contributed by atoms with Crippen LogP contribution >= 0.6 is 0 Å². The number of nitrogens with one attached hydrogen (secondary N) is 1. The molecule has 0 spiro atoms. The van der Waals surface area contributed by atoms with Crippen LogP contribution in [-0.2, 0) is 23.1 Å². The molecule has 6 nitrogen and oxygen atoms in total. The molecule has 1 saturated heterocycles. The van der Waals surface area contributed by atoms with Gasteiger partial charge in [0, 0.05) is 38.1 Å². The normalized spacial score (nSPS) is 23.5. The summed E-state index contributed by atoms with van der Waals surface area (Å²) in [5.41, 5.74) is 0. The summed E-state index contributed by atoms with van der Waals surface area (Å²) in [5, 5.41) is 3.25.